The van der Waals surface area contributed by atoms with Crippen molar-refractivity contribution in [2.75, 3.05) is 0 Å². The number of esters is 1. The van der Waals surface area contributed by atoms with Gasteiger partial charge in [-0.25, -0.2) is 4.79 Å². The maximum absolute atomic E-state index is 12.7. The molecule has 1 aromatic carbocycles. The largest absolute Gasteiger partial charge is 0.458 e. The van der Waals surface area contributed by atoms with Crippen LogP contribution in [0.25, 0.3) is 6.08 Å². The van der Waals surface area contributed by atoms with Gasteiger partial charge in [0.2, 0.25) is 0 Å². The van der Waals surface area contributed by atoms with Crippen molar-refractivity contribution in [1.82, 2.24) is 0 Å². The second-order valence-electron chi connectivity index (χ2n) is 9.43. The Kier molecular flexibility index (Phi) is 5.81. The highest BCUT2D eigenvalue weighted by molar-refractivity contribution is 5.87. The number of aliphatic hydroxyl groups is 1. The van der Waals surface area contributed by atoms with Gasteiger partial charge >= 0.3 is 5.97 Å². The highest BCUT2D eigenvalue weighted by Gasteiger charge is 2.57. The molecule has 0 saturated heterocycles. The van der Waals surface area contributed by atoms with Crippen molar-refractivity contribution < 1.29 is 14.6 Å². The topological polar surface area (TPSA) is 46.5 Å². The summed E-state index contributed by atoms with van der Waals surface area (Å²) in [5.41, 5.74) is 0.239. The number of carbonyl (C=O) groups excluding carboxylic acids is 1. The molecule has 3 heteroatoms. The van der Waals surface area contributed by atoms with Gasteiger partial charge in [0.1, 0.15) is 6.10 Å². The smallest absolute Gasteiger partial charge is 0.331 e. The van der Waals surface area contributed by atoms with E-state index in [9.17, 15) is 9.90 Å². The van der Waals surface area contributed by atoms with Crippen LogP contribution in [0, 0.1) is 23.2 Å². The van der Waals surface area contributed by atoms with Gasteiger partial charge in [-0.3, -0.25) is 0 Å². The highest BCUT2D eigenvalue weighted by atomic mass is 16.5. The SMILES string of the molecule is CC(C)[C@@H]1CC[C@@]2(C)CCC[C@](C)(O)[C@@H]2[C@@H]1OC(=O)C=Cc1ccccc1. The van der Waals surface area contributed by atoms with Crippen LogP contribution in [0.4, 0.5) is 0 Å². The van der Waals surface area contributed by atoms with E-state index < -0.39 is 5.60 Å². The van der Waals surface area contributed by atoms with E-state index in [1.54, 1.807) is 6.08 Å². The standard InChI is InChI=1S/C24H34O3/c1-17(2)19-13-16-23(3)14-8-15-24(4,26)22(23)21(19)27-20(25)12-11-18-9-6-5-7-10-18/h5-7,9-12,17,19,21-22,26H,8,13-16H2,1-4H3/t19-,21+,22+,23+,24-/m0/s1. The third-order valence-electron chi connectivity index (χ3n) is 6.97. The van der Waals surface area contributed by atoms with Crippen LogP contribution in [0.15, 0.2) is 36.4 Å². The van der Waals surface area contributed by atoms with E-state index in [4.69, 9.17) is 4.74 Å². The summed E-state index contributed by atoms with van der Waals surface area (Å²) in [7, 11) is 0. The van der Waals surface area contributed by atoms with E-state index in [0.717, 1.165) is 37.7 Å². The fourth-order valence-corrected chi connectivity index (χ4v) is 5.62. The van der Waals surface area contributed by atoms with E-state index in [0.29, 0.717) is 11.8 Å². The number of fused-ring (bicyclic) bond motifs is 1. The fraction of sp³-hybridized carbons (Fsp3) is 0.625. The Morgan fingerprint density at radius 2 is 1.89 bits per heavy atom. The number of hydrogen-bond acceptors (Lipinski definition) is 3. The van der Waals surface area contributed by atoms with Crippen molar-refractivity contribution in [2.45, 2.75) is 71.5 Å². The zero-order valence-corrected chi connectivity index (χ0v) is 17.2. The third-order valence-corrected chi connectivity index (χ3v) is 6.97. The normalized spacial score (nSPS) is 36.6. The Morgan fingerprint density at radius 1 is 1.19 bits per heavy atom. The summed E-state index contributed by atoms with van der Waals surface area (Å²) in [4.78, 5) is 12.7. The van der Waals surface area contributed by atoms with Crippen LogP contribution in [-0.4, -0.2) is 22.8 Å². The summed E-state index contributed by atoms with van der Waals surface area (Å²) in [5, 5.41) is 11.2. The van der Waals surface area contributed by atoms with Gasteiger partial charge in [0.05, 0.1) is 5.60 Å². The third kappa shape index (κ3) is 4.29. The van der Waals surface area contributed by atoms with Crippen LogP contribution in [0.3, 0.4) is 0 Å². The van der Waals surface area contributed by atoms with Crippen LogP contribution in [0.1, 0.15) is 65.4 Å². The molecule has 27 heavy (non-hydrogen) atoms. The Balaban J connectivity index is 1.83. The molecule has 0 spiro atoms. The van der Waals surface area contributed by atoms with Gasteiger partial charge in [-0.05, 0) is 61.5 Å². The lowest BCUT2D eigenvalue weighted by Gasteiger charge is -2.57. The first-order valence-corrected chi connectivity index (χ1v) is 10.4. The molecule has 0 aromatic heterocycles. The lowest BCUT2D eigenvalue weighted by molar-refractivity contribution is -0.201. The maximum Gasteiger partial charge on any atom is 0.331 e. The molecule has 1 N–H and O–H groups in total. The summed E-state index contributed by atoms with van der Waals surface area (Å²) >= 11 is 0. The Hall–Kier alpha value is -1.61. The molecule has 0 amide bonds. The summed E-state index contributed by atoms with van der Waals surface area (Å²) in [5.74, 6) is 0.402. The first-order chi connectivity index (χ1) is 12.7. The minimum Gasteiger partial charge on any atom is -0.458 e. The van der Waals surface area contributed by atoms with Crippen LogP contribution in [0.2, 0.25) is 0 Å². The Morgan fingerprint density at radius 3 is 2.56 bits per heavy atom. The van der Waals surface area contributed by atoms with Crippen molar-refractivity contribution in [1.29, 1.82) is 0 Å². The van der Waals surface area contributed by atoms with E-state index in [-0.39, 0.29) is 23.4 Å². The number of ether oxygens (including phenoxy) is 1. The molecule has 2 aliphatic carbocycles. The van der Waals surface area contributed by atoms with Crippen LogP contribution >= 0.6 is 0 Å². The van der Waals surface area contributed by atoms with E-state index in [2.05, 4.69) is 20.8 Å². The van der Waals surface area contributed by atoms with Crippen LogP contribution in [-0.2, 0) is 9.53 Å². The minimum atomic E-state index is -0.783. The molecule has 3 nitrogen and oxygen atoms in total. The molecule has 0 unspecified atom stereocenters. The molecular formula is C24H34O3. The number of benzene rings is 1. The zero-order valence-electron chi connectivity index (χ0n) is 17.2. The molecule has 1 aromatic rings. The van der Waals surface area contributed by atoms with Gasteiger partial charge in [0.15, 0.2) is 0 Å². The molecule has 2 fully saturated rings. The van der Waals surface area contributed by atoms with Crippen LogP contribution < -0.4 is 0 Å². The molecule has 5 atom stereocenters. The molecule has 2 saturated carbocycles. The quantitative estimate of drug-likeness (QED) is 0.583. The number of hydrogen-bond donors (Lipinski definition) is 1. The van der Waals surface area contributed by atoms with E-state index in [1.165, 1.54) is 6.08 Å². The average Bonchev–Trinajstić information content (AvgIpc) is 2.59. The molecule has 3 rings (SSSR count). The average molecular weight is 371 g/mol. The van der Waals surface area contributed by atoms with Gasteiger partial charge in [0, 0.05) is 12.0 Å². The Bertz CT molecular complexity index is 676. The number of rotatable bonds is 4. The Labute approximate surface area is 163 Å². The monoisotopic (exact) mass is 370 g/mol. The van der Waals surface area contributed by atoms with Crippen molar-refractivity contribution in [3.63, 3.8) is 0 Å². The summed E-state index contributed by atoms with van der Waals surface area (Å²) in [6.45, 7) is 8.62. The first-order valence-electron chi connectivity index (χ1n) is 10.4. The maximum atomic E-state index is 12.7. The lowest BCUT2D eigenvalue weighted by atomic mass is 9.51. The van der Waals surface area contributed by atoms with E-state index in [1.807, 2.05) is 37.3 Å². The predicted octanol–water partition coefficient (Wildman–Crippen LogP) is 5.24. The molecular weight excluding hydrogens is 336 g/mol. The van der Waals surface area contributed by atoms with Crippen molar-refractivity contribution in [3.8, 4) is 0 Å². The minimum absolute atomic E-state index is 0.00558. The van der Waals surface area contributed by atoms with Gasteiger partial charge in [-0.15, -0.1) is 0 Å². The molecule has 0 bridgehead atoms. The second-order valence-corrected chi connectivity index (χ2v) is 9.43. The first kappa shape index (κ1) is 20.1. The molecule has 0 aliphatic heterocycles. The van der Waals surface area contributed by atoms with Gasteiger partial charge in [-0.1, -0.05) is 57.5 Å². The summed E-state index contributed by atoms with van der Waals surface area (Å²) in [6.07, 6.45) is 8.18. The molecule has 148 valence electrons. The zero-order chi connectivity index (χ0) is 19.7. The second kappa shape index (κ2) is 7.79. The molecule has 0 heterocycles. The van der Waals surface area contributed by atoms with Gasteiger partial charge in [0.25, 0.3) is 0 Å². The lowest BCUT2D eigenvalue weighted by Crippen LogP contribution is -2.59. The molecule has 2 aliphatic rings. The van der Waals surface area contributed by atoms with Crippen molar-refractivity contribution in [2.24, 2.45) is 23.2 Å². The predicted molar refractivity (Wildman–Crippen MR) is 109 cm³/mol. The van der Waals surface area contributed by atoms with Gasteiger partial charge in [-0.2, -0.15) is 0 Å². The summed E-state index contributed by atoms with van der Waals surface area (Å²) in [6, 6.07) is 9.78. The number of carbonyl (C=O) groups is 1. The van der Waals surface area contributed by atoms with E-state index >= 15 is 0 Å². The fourth-order valence-electron chi connectivity index (χ4n) is 5.62. The summed E-state index contributed by atoms with van der Waals surface area (Å²) < 4.78 is 6.07. The highest BCUT2D eigenvalue weighted by Crippen LogP contribution is 2.57. The van der Waals surface area contributed by atoms with Gasteiger partial charge < -0.3 is 9.84 Å². The van der Waals surface area contributed by atoms with Crippen molar-refractivity contribution in [3.05, 3.63) is 42.0 Å². The van der Waals surface area contributed by atoms with Crippen LogP contribution in [0.5, 0.6) is 0 Å². The molecule has 0 radical (unpaired) electrons. The van der Waals surface area contributed by atoms with Crippen molar-refractivity contribution >= 4 is 12.0 Å².